The summed E-state index contributed by atoms with van der Waals surface area (Å²) in [4.78, 5) is 2.28. The first-order valence-electron chi connectivity index (χ1n) is 7.58. The molecule has 0 aliphatic carbocycles. The second-order valence-corrected chi connectivity index (χ2v) is 5.37. The third-order valence-electron chi connectivity index (χ3n) is 3.92. The summed E-state index contributed by atoms with van der Waals surface area (Å²) in [5.74, 6) is 0.0665. The van der Waals surface area contributed by atoms with Crippen LogP contribution in [-0.4, -0.2) is 31.8 Å². The largest absolute Gasteiger partial charge is 0.491 e. The van der Waals surface area contributed by atoms with Crippen molar-refractivity contribution in [3.05, 3.63) is 24.0 Å². The fraction of sp³-hybridized carbons (Fsp3) is 0.625. The Balaban J connectivity index is 2.06. The van der Waals surface area contributed by atoms with Crippen LogP contribution in [0.3, 0.4) is 0 Å². The van der Waals surface area contributed by atoms with Gasteiger partial charge in [-0.15, -0.1) is 0 Å². The molecule has 1 fully saturated rings. The molecule has 2 atom stereocenters. The fourth-order valence-corrected chi connectivity index (χ4v) is 2.97. The highest BCUT2D eigenvalue weighted by atomic mass is 19.1. The molecule has 1 aromatic rings. The van der Waals surface area contributed by atoms with Gasteiger partial charge in [0.1, 0.15) is 0 Å². The molecule has 0 aromatic heterocycles. The minimum Gasteiger partial charge on any atom is -0.491 e. The minimum absolute atomic E-state index is 0.273. The van der Waals surface area contributed by atoms with Crippen molar-refractivity contribution in [2.24, 2.45) is 0 Å². The quantitative estimate of drug-likeness (QED) is 0.896. The van der Waals surface area contributed by atoms with E-state index in [0.29, 0.717) is 24.4 Å². The second-order valence-electron chi connectivity index (χ2n) is 5.37. The predicted octanol–water partition coefficient (Wildman–Crippen LogP) is 3.19. The van der Waals surface area contributed by atoms with E-state index in [1.54, 1.807) is 12.1 Å². The van der Waals surface area contributed by atoms with Crippen LogP contribution in [0.2, 0.25) is 0 Å². The van der Waals surface area contributed by atoms with Gasteiger partial charge < -0.3 is 15.0 Å². The molecule has 20 heavy (non-hydrogen) atoms. The van der Waals surface area contributed by atoms with E-state index in [-0.39, 0.29) is 5.82 Å². The topological polar surface area (TPSA) is 24.5 Å². The summed E-state index contributed by atoms with van der Waals surface area (Å²) in [6, 6.07) is 6.29. The maximum absolute atomic E-state index is 14.0. The van der Waals surface area contributed by atoms with Gasteiger partial charge in [0.05, 0.1) is 6.61 Å². The smallest absolute Gasteiger partial charge is 0.167 e. The average Bonchev–Trinajstić information content (AvgIpc) is 2.42. The Morgan fingerprint density at radius 3 is 2.80 bits per heavy atom. The number of halogens is 1. The van der Waals surface area contributed by atoms with Gasteiger partial charge in [-0.05, 0) is 45.4 Å². The lowest BCUT2D eigenvalue weighted by Crippen LogP contribution is -2.47. The zero-order chi connectivity index (χ0) is 14.5. The zero-order valence-electron chi connectivity index (χ0n) is 12.7. The number of piperidine rings is 1. The summed E-state index contributed by atoms with van der Waals surface area (Å²) >= 11 is 0. The van der Waals surface area contributed by atoms with Crippen LogP contribution in [0, 0.1) is 5.82 Å². The standard InChI is InChI=1S/C16H25FN2O/c1-4-18-13-8-9-19(12(3)10-13)14-6-7-16(20-5-2)15(17)11-14/h6-7,11-13,18H,4-5,8-10H2,1-3H3. The van der Waals surface area contributed by atoms with E-state index in [4.69, 9.17) is 4.74 Å². The first kappa shape index (κ1) is 15.1. The third-order valence-corrected chi connectivity index (χ3v) is 3.92. The molecular weight excluding hydrogens is 255 g/mol. The summed E-state index contributed by atoms with van der Waals surface area (Å²) in [6.07, 6.45) is 2.20. The molecule has 3 nitrogen and oxygen atoms in total. The number of rotatable bonds is 5. The Morgan fingerprint density at radius 2 is 2.20 bits per heavy atom. The van der Waals surface area contributed by atoms with Crippen molar-refractivity contribution in [3.8, 4) is 5.75 Å². The molecule has 1 aliphatic heterocycles. The van der Waals surface area contributed by atoms with Gasteiger partial charge in [0, 0.05) is 30.4 Å². The van der Waals surface area contributed by atoms with Gasteiger partial charge in [0.15, 0.2) is 11.6 Å². The van der Waals surface area contributed by atoms with Crippen molar-refractivity contribution in [2.75, 3.05) is 24.6 Å². The van der Waals surface area contributed by atoms with Crippen molar-refractivity contribution in [3.63, 3.8) is 0 Å². The predicted molar refractivity (Wildman–Crippen MR) is 81.1 cm³/mol. The molecule has 0 amide bonds. The molecule has 4 heteroatoms. The second kappa shape index (κ2) is 6.93. The van der Waals surface area contributed by atoms with Gasteiger partial charge >= 0.3 is 0 Å². The van der Waals surface area contributed by atoms with Gasteiger partial charge in [0.2, 0.25) is 0 Å². The van der Waals surface area contributed by atoms with E-state index in [0.717, 1.165) is 31.6 Å². The van der Waals surface area contributed by atoms with E-state index in [1.165, 1.54) is 0 Å². The van der Waals surface area contributed by atoms with Crippen molar-refractivity contribution < 1.29 is 9.13 Å². The summed E-state index contributed by atoms with van der Waals surface area (Å²) in [6.45, 7) is 8.67. The van der Waals surface area contributed by atoms with Gasteiger partial charge in [0.25, 0.3) is 0 Å². The average molecular weight is 280 g/mol. The first-order chi connectivity index (χ1) is 9.65. The van der Waals surface area contributed by atoms with Crippen molar-refractivity contribution in [1.29, 1.82) is 0 Å². The molecule has 0 spiro atoms. The van der Waals surface area contributed by atoms with Crippen molar-refractivity contribution in [2.45, 2.75) is 45.7 Å². The summed E-state index contributed by atoms with van der Waals surface area (Å²) in [5, 5.41) is 3.50. The van der Waals surface area contributed by atoms with Crippen LogP contribution in [0.1, 0.15) is 33.6 Å². The van der Waals surface area contributed by atoms with E-state index in [1.807, 2.05) is 13.0 Å². The van der Waals surface area contributed by atoms with Crippen LogP contribution in [0.25, 0.3) is 0 Å². The summed E-state index contributed by atoms with van der Waals surface area (Å²) in [5.41, 5.74) is 0.952. The normalized spacial score (nSPS) is 22.9. The number of hydrogen-bond donors (Lipinski definition) is 1. The number of anilines is 1. The Morgan fingerprint density at radius 1 is 1.40 bits per heavy atom. The van der Waals surface area contributed by atoms with Crippen LogP contribution in [0.15, 0.2) is 18.2 Å². The van der Waals surface area contributed by atoms with Crippen LogP contribution in [0.5, 0.6) is 5.75 Å². The molecule has 0 saturated carbocycles. The SMILES string of the molecule is CCNC1CCN(c2ccc(OCC)c(F)c2)C(C)C1. The molecular formula is C16H25FN2O. The number of nitrogens with one attached hydrogen (secondary N) is 1. The lowest BCUT2D eigenvalue weighted by molar-refractivity contribution is 0.321. The number of benzene rings is 1. The monoisotopic (exact) mass is 280 g/mol. The van der Waals surface area contributed by atoms with Gasteiger partial charge in [-0.3, -0.25) is 0 Å². The molecule has 1 aliphatic rings. The highest BCUT2D eigenvalue weighted by Gasteiger charge is 2.25. The van der Waals surface area contributed by atoms with Gasteiger partial charge in [-0.1, -0.05) is 6.92 Å². The Labute approximate surface area is 121 Å². The molecule has 2 unspecified atom stereocenters. The molecule has 1 saturated heterocycles. The van der Waals surface area contributed by atoms with E-state index in [9.17, 15) is 4.39 Å². The van der Waals surface area contributed by atoms with Gasteiger partial charge in [-0.25, -0.2) is 4.39 Å². The number of hydrogen-bond acceptors (Lipinski definition) is 3. The molecule has 1 heterocycles. The molecule has 0 radical (unpaired) electrons. The third kappa shape index (κ3) is 3.42. The summed E-state index contributed by atoms with van der Waals surface area (Å²) < 4.78 is 19.2. The summed E-state index contributed by atoms with van der Waals surface area (Å²) in [7, 11) is 0. The molecule has 1 aromatic carbocycles. The molecule has 2 rings (SSSR count). The Hall–Kier alpha value is -1.29. The maximum Gasteiger partial charge on any atom is 0.167 e. The van der Waals surface area contributed by atoms with Crippen LogP contribution in [-0.2, 0) is 0 Å². The van der Waals surface area contributed by atoms with E-state index in [2.05, 4.69) is 24.1 Å². The van der Waals surface area contributed by atoms with Crippen molar-refractivity contribution in [1.82, 2.24) is 5.32 Å². The lowest BCUT2D eigenvalue weighted by Gasteiger charge is -2.39. The highest BCUT2D eigenvalue weighted by Crippen LogP contribution is 2.28. The lowest BCUT2D eigenvalue weighted by atomic mass is 9.97. The molecule has 112 valence electrons. The fourth-order valence-electron chi connectivity index (χ4n) is 2.97. The van der Waals surface area contributed by atoms with Crippen LogP contribution >= 0.6 is 0 Å². The van der Waals surface area contributed by atoms with E-state index >= 15 is 0 Å². The Bertz CT molecular complexity index is 438. The van der Waals surface area contributed by atoms with Gasteiger partial charge in [-0.2, -0.15) is 0 Å². The first-order valence-corrected chi connectivity index (χ1v) is 7.58. The highest BCUT2D eigenvalue weighted by molar-refractivity contribution is 5.51. The molecule has 0 bridgehead atoms. The molecule has 1 N–H and O–H groups in total. The minimum atomic E-state index is -0.273. The number of nitrogens with zero attached hydrogens (tertiary/aromatic N) is 1. The number of ether oxygens (including phenoxy) is 1. The van der Waals surface area contributed by atoms with Crippen LogP contribution < -0.4 is 15.0 Å². The zero-order valence-corrected chi connectivity index (χ0v) is 12.7. The van der Waals surface area contributed by atoms with E-state index < -0.39 is 0 Å². The van der Waals surface area contributed by atoms with Crippen LogP contribution in [0.4, 0.5) is 10.1 Å². The van der Waals surface area contributed by atoms with Crippen molar-refractivity contribution >= 4 is 5.69 Å². The maximum atomic E-state index is 14.0. The Kier molecular flexibility index (Phi) is 5.24.